The first-order chi connectivity index (χ1) is 26.3. The van der Waals surface area contributed by atoms with Gasteiger partial charge in [-0.1, -0.05) is 140 Å². The molecule has 0 atom stereocenters. The molecule has 0 spiro atoms. The number of thiophene rings is 1. The smallest absolute Gasteiger partial charge is 0.143 e. The number of benzene rings is 9. The highest BCUT2D eigenvalue weighted by Gasteiger charge is 2.19. The average Bonchev–Trinajstić information content (AvgIpc) is 3.81. The van der Waals surface area contributed by atoms with Gasteiger partial charge in [-0.25, -0.2) is 0 Å². The van der Waals surface area contributed by atoms with Crippen LogP contribution in [0.25, 0.3) is 85.9 Å². The topological polar surface area (TPSA) is 16.4 Å². The highest BCUT2D eigenvalue weighted by atomic mass is 32.1. The van der Waals surface area contributed by atoms with Crippen LogP contribution in [0, 0.1) is 0 Å². The summed E-state index contributed by atoms with van der Waals surface area (Å²) < 4.78 is 9.17. The second-order valence-electron chi connectivity index (χ2n) is 13.7. The quantitative estimate of drug-likeness (QED) is 0.178. The average molecular weight is 694 g/mol. The van der Waals surface area contributed by atoms with Crippen LogP contribution in [-0.4, -0.2) is 0 Å². The van der Waals surface area contributed by atoms with E-state index in [9.17, 15) is 0 Å². The number of hydrogen-bond acceptors (Lipinski definition) is 3. The molecule has 2 aromatic heterocycles. The molecule has 0 saturated heterocycles. The van der Waals surface area contributed by atoms with Gasteiger partial charge in [-0.3, -0.25) is 0 Å². The molecule has 248 valence electrons. The van der Waals surface area contributed by atoms with Crippen molar-refractivity contribution in [1.82, 2.24) is 0 Å². The fourth-order valence-corrected chi connectivity index (χ4v) is 9.44. The summed E-state index contributed by atoms with van der Waals surface area (Å²) >= 11 is 1.87. The molecule has 3 heteroatoms. The Balaban J connectivity index is 1.07. The van der Waals surface area contributed by atoms with E-state index in [0.29, 0.717) is 0 Å². The Hall–Kier alpha value is -6.68. The lowest BCUT2D eigenvalue weighted by Gasteiger charge is -2.27. The second-order valence-corrected chi connectivity index (χ2v) is 14.7. The minimum atomic E-state index is 0.904. The molecule has 0 unspecified atom stereocenters. The Morgan fingerprint density at radius 2 is 1.09 bits per heavy atom. The van der Waals surface area contributed by atoms with Crippen LogP contribution in [0.15, 0.2) is 192 Å². The zero-order valence-electron chi connectivity index (χ0n) is 28.7. The zero-order valence-corrected chi connectivity index (χ0v) is 29.5. The van der Waals surface area contributed by atoms with Gasteiger partial charge in [-0.2, -0.15) is 0 Å². The van der Waals surface area contributed by atoms with Crippen molar-refractivity contribution < 1.29 is 4.42 Å². The fraction of sp³-hybridized carbons (Fsp3) is 0. The van der Waals surface area contributed by atoms with E-state index >= 15 is 0 Å². The first-order valence-electron chi connectivity index (χ1n) is 18.0. The van der Waals surface area contributed by atoms with Gasteiger partial charge in [0.05, 0.1) is 5.69 Å². The van der Waals surface area contributed by atoms with Gasteiger partial charge >= 0.3 is 0 Å². The first-order valence-corrected chi connectivity index (χ1v) is 18.8. The van der Waals surface area contributed by atoms with Crippen LogP contribution in [0.4, 0.5) is 17.1 Å². The van der Waals surface area contributed by atoms with Crippen LogP contribution in [0.3, 0.4) is 0 Å². The van der Waals surface area contributed by atoms with Crippen LogP contribution in [-0.2, 0) is 0 Å². The van der Waals surface area contributed by atoms with Crippen LogP contribution in [0.1, 0.15) is 0 Å². The molecule has 0 bridgehead atoms. The third-order valence-corrected chi connectivity index (χ3v) is 11.9. The summed E-state index contributed by atoms with van der Waals surface area (Å²) in [6, 6.07) is 67.9. The monoisotopic (exact) mass is 693 g/mol. The molecule has 11 aromatic rings. The van der Waals surface area contributed by atoms with Crippen molar-refractivity contribution in [3.63, 3.8) is 0 Å². The molecule has 0 amide bonds. The summed E-state index contributed by atoms with van der Waals surface area (Å²) in [5, 5.41) is 9.65. The molecule has 0 radical (unpaired) electrons. The number of hydrogen-bond donors (Lipinski definition) is 0. The number of rotatable bonds is 5. The Bertz CT molecular complexity index is 3180. The molecule has 0 N–H and O–H groups in total. The lowest BCUT2D eigenvalue weighted by molar-refractivity contribution is 0.673. The van der Waals surface area contributed by atoms with Gasteiger partial charge in [0, 0.05) is 53.1 Å². The molecule has 11 rings (SSSR count). The van der Waals surface area contributed by atoms with Crippen LogP contribution in [0.5, 0.6) is 0 Å². The third-order valence-electron chi connectivity index (χ3n) is 10.7. The van der Waals surface area contributed by atoms with Gasteiger partial charge in [0.1, 0.15) is 11.2 Å². The lowest BCUT2D eigenvalue weighted by atomic mass is 9.97. The Labute approximate surface area is 310 Å². The second kappa shape index (κ2) is 11.9. The Kier molecular flexibility index (Phi) is 6.76. The van der Waals surface area contributed by atoms with E-state index in [0.717, 1.165) is 50.0 Å². The van der Waals surface area contributed by atoms with Crippen molar-refractivity contribution >= 4 is 92.1 Å². The number of furan rings is 1. The van der Waals surface area contributed by atoms with Gasteiger partial charge in [0.15, 0.2) is 0 Å². The van der Waals surface area contributed by atoms with E-state index < -0.39 is 0 Å². The maximum absolute atomic E-state index is 6.53. The summed E-state index contributed by atoms with van der Waals surface area (Å²) in [5.41, 5.74) is 9.97. The molecule has 0 saturated carbocycles. The van der Waals surface area contributed by atoms with E-state index in [1.54, 1.807) is 0 Å². The molecule has 2 nitrogen and oxygen atoms in total. The minimum Gasteiger partial charge on any atom is -0.455 e. The highest BCUT2D eigenvalue weighted by molar-refractivity contribution is 7.26. The van der Waals surface area contributed by atoms with Gasteiger partial charge in [0.25, 0.3) is 0 Å². The van der Waals surface area contributed by atoms with E-state index in [4.69, 9.17) is 4.42 Å². The van der Waals surface area contributed by atoms with Crippen LogP contribution in [0.2, 0.25) is 0 Å². The molecule has 2 heterocycles. The maximum Gasteiger partial charge on any atom is 0.143 e. The van der Waals surface area contributed by atoms with E-state index in [1.165, 1.54) is 53.0 Å². The van der Waals surface area contributed by atoms with Crippen LogP contribution < -0.4 is 4.90 Å². The van der Waals surface area contributed by atoms with Crippen molar-refractivity contribution in [3.8, 4) is 22.3 Å². The summed E-state index contributed by atoms with van der Waals surface area (Å²) in [5.74, 6) is 0. The molecule has 0 aliphatic rings. The molecule has 0 aliphatic heterocycles. The van der Waals surface area contributed by atoms with Gasteiger partial charge in [-0.15, -0.1) is 11.3 Å². The van der Waals surface area contributed by atoms with Gasteiger partial charge in [0.2, 0.25) is 0 Å². The number of fused-ring (bicyclic) bond motifs is 9. The summed E-state index contributed by atoms with van der Waals surface area (Å²) in [6.07, 6.45) is 0. The van der Waals surface area contributed by atoms with E-state index in [-0.39, 0.29) is 0 Å². The van der Waals surface area contributed by atoms with E-state index in [1.807, 2.05) is 11.3 Å². The maximum atomic E-state index is 6.53. The Morgan fingerprint density at radius 1 is 0.415 bits per heavy atom. The zero-order chi connectivity index (χ0) is 34.9. The SMILES string of the molecule is c1cc(-c2cccc3c2sc2ccccc23)cc(N(c2ccc(-c3cccc4oc5c6ccccc6ccc5c34)cc2)c2cccc3ccccc23)c1. The summed E-state index contributed by atoms with van der Waals surface area (Å²) in [7, 11) is 0. The molecule has 53 heavy (non-hydrogen) atoms. The van der Waals surface area contributed by atoms with Crippen molar-refractivity contribution in [2.75, 3.05) is 4.90 Å². The fourth-order valence-electron chi connectivity index (χ4n) is 8.20. The van der Waals surface area contributed by atoms with Crippen molar-refractivity contribution in [2.24, 2.45) is 0 Å². The number of nitrogens with zero attached hydrogens (tertiary/aromatic N) is 1. The summed E-state index contributed by atoms with van der Waals surface area (Å²) in [6.45, 7) is 0. The van der Waals surface area contributed by atoms with Gasteiger partial charge < -0.3 is 9.32 Å². The molecule has 9 aromatic carbocycles. The lowest BCUT2D eigenvalue weighted by Crippen LogP contribution is -2.10. The predicted molar refractivity (Wildman–Crippen MR) is 227 cm³/mol. The van der Waals surface area contributed by atoms with Gasteiger partial charge in [-0.05, 0) is 81.6 Å². The highest BCUT2D eigenvalue weighted by Crippen LogP contribution is 2.45. The van der Waals surface area contributed by atoms with Crippen molar-refractivity contribution in [2.45, 2.75) is 0 Å². The van der Waals surface area contributed by atoms with E-state index in [2.05, 4.69) is 193 Å². The normalized spacial score (nSPS) is 11.8. The number of anilines is 3. The van der Waals surface area contributed by atoms with Crippen molar-refractivity contribution in [1.29, 1.82) is 0 Å². The van der Waals surface area contributed by atoms with Crippen molar-refractivity contribution in [3.05, 3.63) is 188 Å². The minimum absolute atomic E-state index is 0.904. The first kappa shape index (κ1) is 30.0. The molecular formula is C50H31NOS. The molecule has 0 fully saturated rings. The standard InChI is InChI=1S/C50H31NOS/c1-3-16-38-32(11-1)13-8-22-45(38)51(37-15-7-14-35(31-37)41-20-9-21-43-42-18-5-6-24-47(42)53-50(41)43)36-28-25-34(26-29-36)39-19-10-23-46-48(39)44-30-27-33-12-2-4-17-40(33)49(44)52-46/h1-31H. The Morgan fingerprint density at radius 3 is 1.98 bits per heavy atom. The molecule has 0 aliphatic carbocycles. The predicted octanol–water partition coefficient (Wildman–Crippen LogP) is 15.1. The largest absolute Gasteiger partial charge is 0.455 e. The summed E-state index contributed by atoms with van der Waals surface area (Å²) in [4.78, 5) is 2.40. The third kappa shape index (κ3) is 4.78. The molecular weight excluding hydrogens is 663 g/mol. The van der Waals surface area contributed by atoms with Crippen LogP contribution >= 0.6 is 11.3 Å².